The van der Waals surface area contributed by atoms with E-state index in [-0.39, 0.29) is 5.41 Å². The van der Waals surface area contributed by atoms with Gasteiger partial charge in [0.25, 0.3) is 0 Å². The summed E-state index contributed by atoms with van der Waals surface area (Å²) in [5.74, 6) is 0. The van der Waals surface area contributed by atoms with Gasteiger partial charge in [0.05, 0.1) is 11.5 Å². The Kier molecular flexibility index (Phi) is 5.42. The summed E-state index contributed by atoms with van der Waals surface area (Å²) in [6.45, 7) is 10.2. The van der Waals surface area contributed by atoms with Gasteiger partial charge in [-0.05, 0) is 51.5 Å². The van der Waals surface area contributed by atoms with Crippen LogP contribution >= 0.6 is 0 Å². The molecule has 0 bridgehead atoms. The Bertz CT molecular complexity index is 262. The number of hydrogen-bond acceptors (Lipinski definition) is 3. The topological polar surface area (TPSA) is 45.0 Å². The zero-order chi connectivity index (χ0) is 12.8. The van der Waals surface area contributed by atoms with Gasteiger partial charge in [0.15, 0.2) is 0 Å². The largest absolute Gasteiger partial charge is 0.381 e. The highest BCUT2D eigenvalue weighted by molar-refractivity contribution is 4.91. The highest BCUT2D eigenvalue weighted by Crippen LogP contribution is 2.28. The summed E-state index contributed by atoms with van der Waals surface area (Å²) in [7, 11) is 0. The van der Waals surface area contributed by atoms with Crippen molar-refractivity contribution in [3.05, 3.63) is 0 Å². The molecule has 3 heteroatoms. The number of nitrogens with one attached hydrogen (secondary N) is 1. The Morgan fingerprint density at radius 1 is 1.35 bits per heavy atom. The molecule has 0 amide bonds. The Labute approximate surface area is 106 Å². The molecule has 1 fully saturated rings. The van der Waals surface area contributed by atoms with Crippen molar-refractivity contribution in [1.29, 1.82) is 5.26 Å². The number of nitrogens with zero attached hydrogens (tertiary/aromatic N) is 1. The molecule has 0 unspecified atom stereocenters. The average Bonchev–Trinajstić information content (AvgIpc) is 2.29. The van der Waals surface area contributed by atoms with Crippen molar-refractivity contribution < 1.29 is 4.74 Å². The Morgan fingerprint density at radius 3 is 2.59 bits per heavy atom. The highest BCUT2D eigenvalue weighted by atomic mass is 16.5. The van der Waals surface area contributed by atoms with E-state index in [1.54, 1.807) is 0 Å². The van der Waals surface area contributed by atoms with Gasteiger partial charge in [-0.3, -0.25) is 0 Å². The molecule has 0 aliphatic carbocycles. The van der Waals surface area contributed by atoms with Crippen LogP contribution in [0.15, 0.2) is 0 Å². The third-order valence-electron chi connectivity index (χ3n) is 3.71. The maximum atomic E-state index is 8.91. The lowest BCUT2D eigenvalue weighted by molar-refractivity contribution is 0.0241. The van der Waals surface area contributed by atoms with Crippen LogP contribution in [-0.2, 0) is 4.74 Å². The van der Waals surface area contributed by atoms with Crippen LogP contribution in [0.3, 0.4) is 0 Å². The first kappa shape index (κ1) is 14.5. The number of ether oxygens (including phenoxy) is 1. The summed E-state index contributed by atoms with van der Waals surface area (Å²) < 4.78 is 5.39. The molecule has 1 rings (SSSR count). The molecule has 0 aromatic carbocycles. The molecule has 0 aromatic heterocycles. The summed E-state index contributed by atoms with van der Waals surface area (Å²) in [5.41, 5.74) is 0.229. The van der Waals surface area contributed by atoms with E-state index in [9.17, 15) is 0 Å². The summed E-state index contributed by atoms with van der Waals surface area (Å²) in [6, 6.07) is 2.34. The van der Waals surface area contributed by atoms with Crippen LogP contribution in [0, 0.1) is 22.2 Å². The third kappa shape index (κ3) is 5.52. The second-order valence-corrected chi connectivity index (χ2v) is 6.20. The van der Waals surface area contributed by atoms with Gasteiger partial charge in [0.2, 0.25) is 0 Å². The van der Waals surface area contributed by atoms with E-state index < -0.39 is 0 Å². The molecule has 0 aromatic rings. The van der Waals surface area contributed by atoms with Crippen LogP contribution in [0.5, 0.6) is 0 Å². The van der Waals surface area contributed by atoms with Crippen molar-refractivity contribution in [1.82, 2.24) is 5.32 Å². The second-order valence-electron chi connectivity index (χ2n) is 6.20. The zero-order valence-electron chi connectivity index (χ0n) is 11.5. The minimum Gasteiger partial charge on any atom is -0.381 e. The smallest absolute Gasteiger partial charge is 0.0683 e. The Balaban J connectivity index is 2.10. The molecule has 1 saturated heterocycles. The maximum absolute atomic E-state index is 8.91. The Hall–Kier alpha value is -0.590. The molecule has 3 nitrogen and oxygen atoms in total. The third-order valence-corrected chi connectivity index (χ3v) is 3.71. The van der Waals surface area contributed by atoms with E-state index >= 15 is 0 Å². The minimum atomic E-state index is -0.176. The van der Waals surface area contributed by atoms with Crippen molar-refractivity contribution >= 4 is 0 Å². The second kappa shape index (κ2) is 6.37. The van der Waals surface area contributed by atoms with Gasteiger partial charge in [-0.1, -0.05) is 6.92 Å². The number of nitriles is 1. The van der Waals surface area contributed by atoms with Gasteiger partial charge in [-0.25, -0.2) is 0 Å². The van der Waals surface area contributed by atoms with Crippen LogP contribution in [0.2, 0.25) is 0 Å². The van der Waals surface area contributed by atoms with Crippen LogP contribution in [0.1, 0.15) is 46.5 Å². The quantitative estimate of drug-likeness (QED) is 0.724. The van der Waals surface area contributed by atoms with Crippen molar-refractivity contribution in [2.75, 3.05) is 26.3 Å². The first-order chi connectivity index (χ1) is 7.97. The number of rotatable bonds is 6. The lowest BCUT2D eigenvalue weighted by Gasteiger charge is -2.33. The molecule has 1 heterocycles. The standard InChI is InChI=1S/C14H26N2O/c1-13(2,11-15)5-4-8-16-12-14(3)6-9-17-10-7-14/h16H,4-10,12H2,1-3H3. The van der Waals surface area contributed by atoms with Crippen LogP contribution in [-0.4, -0.2) is 26.3 Å². The van der Waals surface area contributed by atoms with Crippen LogP contribution < -0.4 is 5.32 Å². The lowest BCUT2D eigenvalue weighted by Crippen LogP contribution is -2.37. The predicted molar refractivity (Wildman–Crippen MR) is 69.7 cm³/mol. The van der Waals surface area contributed by atoms with Gasteiger partial charge in [-0.15, -0.1) is 0 Å². The zero-order valence-corrected chi connectivity index (χ0v) is 11.5. The van der Waals surface area contributed by atoms with Gasteiger partial charge < -0.3 is 10.1 Å². The highest BCUT2D eigenvalue weighted by Gasteiger charge is 2.26. The molecule has 1 aliphatic heterocycles. The fraction of sp³-hybridized carbons (Fsp3) is 0.929. The van der Waals surface area contributed by atoms with E-state index in [1.165, 1.54) is 0 Å². The maximum Gasteiger partial charge on any atom is 0.0683 e. The SMILES string of the molecule is CC(C)(C#N)CCCNCC1(C)CCOCC1. The lowest BCUT2D eigenvalue weighted by atomic mass is 9.82. The van der Waals surface area contributed by atoms with Gasteiger partial charge >= 0.3 is 0 Å². The summed E-state index contributed by atoms with van der Waals surface area (Å²) in [4.78, 5) is 0. The van der Waals surface area contributed by atoms with E-state index in [4.69, 9.17) is 10.00 Å². The number of hydrogen-bond donors (Lipinski definition) is 1. The molecule has 0 spiro atoms. The minimum absolute atomic E-state index is 0.176. The first-order valence-corrected chi connectivity index (χ1v) is 6.67. The molecule has 0 radical (unpaired) electrons. The van der Waals surface area contributed by atoms with E-state index in [1.807, 2.05) is 13.8 Å². The van der Waals surface area contributed by atoms with Gasteiger partial charge in [-0.2, -0.15) is 5.26 Å². The van der Waals surface area contributed by atoms with Crippen molar-refractivity contribution in [3.8, 4) is 6.07 Å². The molecule has 0 saturated carbocycles. The van der Waals surface area contributed by atoms with E-state index in [0.717, 1.165) is 52.0 Å². The normalized spacial score (nSPS) is 19.9. The van der Waals surface area contributed by atoms with Crippen molar-refractivity contribution in [2.24, 2.45) is 10.8 Å². The van der Waals surface area contributed by atoms with Crippen molar-refractivity contribution in [2.45, 2.75) is 46.5 Å². The molecule has 1 aliphatic rings. The van der Waals surface area contributed by atoms with Gasteiger partial charge in [0.1, 0.15) is 0 Å². The van der Waals surface area contributed by atoms with Gasteiger partial charge in [0, 0.05) is 19.8 Å². The fourth-order valence-corrected chi connectivity index (χ4v) is 2.14. The molecular weight excluding hydrogens is 212 g/mol. The molecular formula is C14H26N2O. The summed E-state index contributed by atoms with van der Waals surface area (Å²) in [5, 5.41) is 12.4. The fourth-order valence-electron chi connectivity index (χ4n) is 2.14. The summed E-state index contributed by atoms with van der Waals surface area (Å²) >= 11 is 0. The average molecular weight is 238 g/mol. The monoisotopic (exact) mass is 238 g/mol. The first-order valence-electron chi connectivity index (χ1n) is 6.67. The van der Waals surface area contributed by atoms with E-state index in [2.05, 4.69) is 18.3 Å². The molecule has 98 valence electrons. The molecule has 17 heavy (non-hydrogen) atoms. The molecule has 1 N–H and O–H groups in total. The van der Waals surface area contributed by atoms with E-state index in [0.29, 0.717) is 5.41 Å². The predicted octanol–water partition coefficient (Wildman–Crippen LogP) is 2.72. The molecule has 0 atom stereocenters. The summed E-state index contributed by atoms with van der Waals surface area (Å²) in [6.07, 6.45) is 4.36. The van der Waals surface area contributed by atoms with Crippen molar-refractivity contribution in [3.63, 3.8) is 0 Å². The van der Waals surface area contributed by atoms with Crippen LogP contribution in [0.25, 0.3) is 0 Å². The Morgan fingerprint density at radius 2 is 2.00 bits per heavy atom. The van der Waals surface area contributed by atoms with Crippen LogP contribution in [0.4, 0.5) is 0 Å².